The van der Waals surface area contributed by atoms with Gasteiger partial charge in [-0.15, -0.1) is 0 Å². The van der Waals surface area contributed by atoms with Crippen LogP contribution in [0.1, 0.15) is 20.8 Å². The Morgan fingerprint density at radius 2 is 1.81 bits per heavy atom. The summed E-state index contributed by atoms with van der Waals surface area (Å²) in [7, 11) is -1.99. The lowest BCUT2D eigenvalue weighted by molar-refractivity contribution is 0.0514. The van der Waals surface area contributed by atoms with Crippen LogP contribution in [0.5, 0.6) is 0 Å². The van der Waals surface area contributed by atoms with Crippen LogP contribution in [0.15, 0.2) is 66.1 Å². The van der Waals surface area contributed by atoms with E-state index in [1.165, 1.54) is 30.7 Å². The van der Waals surface area contributed by atoms with Gasteiger partial charge in [0.1, 0.15) is 13.4 Å². The summed E-state index contributed by atoms with van der Waals surface area (Å²) < 4.78 is 34.2. The van der Waals surface area contributed by atoms with Crippen molar-refractivity contribution in [1.82, 2.24) is 18.7 Å². The van der Waals surface area contributed by atoms with Gasteiger partial charge >= 0.3 is 6.09 Å². The number of nitrogens with zero attached hydrogens (tertiary/aromatic N) is 4. The fourth-order valence-corrected chi connectivity index (χ4v) is 4.52. The quantitative estimate of drug-likeness (QED) is 0.457. The normalized spacial score (nSPS) is 12.2. The zero-order valence-corrected chi connectivity index (χ0v) is 18.4. The molecule has 3 heterocycles. The highest BCUT2D eigenvalue weighted by molar-refractivity contribution is 7.90. The van der Waals surface area contributed by atoms with Crippen molar-refractivity contribution < 1.29 is 17.9 Å². The molecule has 3 aromatic heterocycles. The predicted molar refractivity (Wildman–Crippen MR) is 120 cm³/mol. The maximum absolute atomic E-state index is 13.3. The number of ether oxygens (including phenoxy) is 1. The van der Waals surface area contributed by atoms with Gasteiger partial charge in [-0.3, -0.25) is 0 Å². The van der Waals surface area contributed by atoms with Crippen molar-refractivity contribution in [3.05, 3.63) is 61.2 Å². The van der Waals surface area contributed by atoms with E-state index in [1.54, 1.807) is 45.2 Å². The van der Waals surface area contributed by atoms with Crippen molar-refractivity contribution in [2.45, 2.75) is 31.3 Å². The highest BCUT2D eigenvalue weighted by Crippen LogP contribution is 2.31. The largest absolute Gasteiger partial charge is 0.442 e. The van der Waals surface area contributed by atoms with Gasteiger partial charge in [0.2, 0.25) is 0 Å². The molecule has 0 fully saturated rings. The molecule has 0 atom stereocenters. The molecular weight excluding hydrogens is 415 g/mol. The van der Waals surface area contributed by atoms with Gasteiger partial charge in [-0.25, -0.2) is 22.2 Å². The number of hydrogen-bond acceptors (Lipinski definition) is 6. The molecule has 0 unspecified atom stereocenters. The Kier molecular flexibility index (Phi) is 4.97. The third-order valence-corrected chi connectivity index (χ3v) is 6.19. The van der Waals surface area contributed by atoms with Crippen molar-refractivity contribution in [1.29, 1.82) is 0 Å². The van der Waals surface area contributed by atoms with E-state index in [-0.39, 0.29) is 4.90 Å². The van der Waals surface area contributed by atoms with E-state index in [0.29, 0.717) is 22.2 Å². The Bertz CT molecular complexity index is 1390. The molecule has 0 N–H and O–H groups in total. The van der Waals surface area contributed by atoms with Crippen LogP contribution in [0.3, 0.4) is 0 Å². The maximum Gasteiger partial charge on any atom is 0.435 e. The van der Waals surface area contributed by atoms with E-state index < -0.39 is 21.7 Å². The lowest BCUT2D eigenvalue weighted by Gasteiger charge is -2.18. The van der Waals surface area contributed by atoms with E-state index in [9.17, 15) is 13.2 Å². The molecule has 0 bridgehead atoms. The van der Waals surface area contributed by atoms with Crippen LogP contribution in [0.2, 0.25) is 0 Å². The maximum atomic E-state index is 13.3. The second kappa shape index (κ2) is 7.38. The molecule has 0 amide bonds. The molecule has 0 aliphatic carbocycles. The fourth-order valence-electron chi connectivity index (χ4n) is 3.17. The van der Waals surface area contributed by atoms with Crippen LogP contribution >= 0.6 is 0 Å². The van der Waals surface area contributed by atoms with Crippen molar-refractivity contribution in [2.24, 2.45) is 0 Å². The van der Waals surface area contributed by atoms with Gasteiger partial charge in [0.25, 0.3) is 10.0 Å². The topological polar surface area (TPSA) is 96.1 Å². The average molecular weight is 436 g/mol. The minimum absolute atomic E-state index is 0.158. The second-order valence-electron chi connectivity index (χ2n) is 8.19. The highest BCUT2D eigenvalue weighted by atomic mass is 32.2. The smallest absolute Gasteiger partial charge is 0.435 e. The Labute approximate surface area is 180 Å². The molecule has 8 nitrogen and oxygen atoms in total. The number of carbonyl (C=O) groups is 1. The summed E-state index contributed by atoms with van der Waals surface area (Å²) in [5.41, 5.74) is 1.69. The van der Waals surface area contributed by atoms with E-state index in [2.05, 4.69) is 10.1 Å². The molecule has 0 saturated heterocycles. The fraction of sp³-hybridized carbons (Fsp3) is 0.190. The first-order valence-electron chi connectivity index (χ1n) is 9.63. The molecule has 4 rings (SSSR count). The molecule has 31 heavy (non-hydrogen) atoms. The SMILES string of the molecule is Bc1cnc2c(c1)c(-c1cnn(C(=O)OC(C)(C)C)c1)cn2S(=O)(=O)c1ccccc1. The number of benzene rings is 1. The number of rotatable bonds is 3. The first-order valence-corrected chi connectivity index (χ1v) is 11.1. The molecule has 0 aliphatic heterocycles. The summed E-state index contributed by atoms with van der Waals surface area (Å²) in [6.45, 7) is 5.31. The number of fused-ring (bicyclic) bond motifs is 1. The summed E-state index contributed by atoms with van der Waals surface area (Å²) in [5, 5.41) is 4.74. The standard InChI is InChI=1S/C21H21BN4O4S/c1-21(2,3)30-20(27)25-12-14(10-24-25)18-13-26(19-17(18)9-15(22)11-23-19)31(28,29)16-7-5-4-6-8-16/h4-13H,22H2,1-3H3. The number of pyridine rings is 1. The molecule has 1 aromatic carbocycles. The van der Waals surface area contributed by atoms with Gasteiger partial charge in [-0.2, -0.15) is 9.78 Å². The molecule has 10 heteroatoms. The second-order valence-corrected chi connectivity index (χ2v) is 10.0. The summed E-state index contributed by atoms with van der Waals surface area (Å²) in [5.74, 6) is 0. The lowest BCUT2D eigenvalue weighted by Crippen LogP contribution is -2.27. The van der Waals surface area contributed by atoms with E-state index >= 15 is 0 Å². The summed E-state index contributed by atoms with van der Waals surface area (Å²) in [6, 6.07) is 10.0. The van der Waals surface area contributed by atoms with Gasteiger partial charge < -0.3 is 4.74 Å². The Morgan fingerprint density at radius 1 is 1.10 bits per heavy atom. The van der Waals surface area contributed by atoms with Gasteiger partial charge in [0, 0.05) is 35.1 Å². The first kappa shape index (κ1) is 20.9. The van der Waals surface area contributed by atoms with Crippen LogP contribution < -0.4 is 5.46 Å². The van der Waals surface area contributed by atoms with Crippen LogP contribution in [-0.4, -0.2) is 46.7 Å². The molecule has 0 radical (unpaired) electrons. The van der Waals surface area contributed by atoms with Crippen LogP contribution in [0.4, 0.5) is 4.79 Å². The van der Waals surface area contributed by atoms with Crippen LogP contribution in [0.25, 0.3) is 22.2 Å². The number of carbonyl (C=O) groups excluding carboxylic acids is 1. The number of hydrogen-bond donors (Lipinski definition) is 0. The third kappa shape index (κ3) is 3.98. The minimum Gasteiger partial charge on any atom is -0.442 e. The predicted octanol–water partition coefficient (Wildman–Crippen LogP) is 2.18. The van der Waals surface area contributed by atoms with Crippen molar-refractivity contribution in [2.75, 3.05) is 0 Å². The summed E-state index contributed by atoms with van der Waals surface area (Å²) in [4.78, 5) is 16.9. The summed E-state index contributed by atoms with van der Waals surface area (Å²) >= 11 is 0. The Hall–Kier alpha value is -3.40. The van der Waals surface area contributed by atoms with Crippen LogP contribution in [0, 0.1) is 0 Å². The van der Waals surface area contributed by atoms with Gasteiger partial charge in [-0.1, -0.05) is 29.7 Å². The monoisotopic (exact) mass is 436 g/mol. The van der Waals surface area contributed by atoms with E-state index in [0.717, 1.165) is 14.1 Å². The van der Waals surface area contributed by atoms with Gasteiger partial charge in [-0.05, 0) is 32.9 Å². The molecule has 0 aliphatic rings. The summed E-state index contributed by atoms with van der Waals surface area (Å²) in [6.07, 6.45) is 5.53. The highest BCUT2D eigenvalue weighted by Gasteiger charge is 2.24. The van der Waals surface area contributed by atoms with Crippen molar-refractivity contribution in [3.63, 3.8) is 0 Å². The van der Waals surface area contributed by atoms with E-state index in [4.69, 9.17) is 4.74 Å². The number of aromatic nitrogens is 4. The van der Waals surface area contributed by atoms with Gasteiger partial charge in [0.05, 0.1) is 11.1 Å². The third-order valence-electron chi connectivity index (χ3n) is 4.52. The molecule has 158 valence electrons. The zero-order valence-electron chi connectivity index (χ0n) is 17.6. The van der Waals surface area contributed by atoms with Crippen LogP contribution in [-0.2, 0) is 14.8 Å². The van der Waals surface area contributed by atoms with E-state index in [1.807, 2.05) is 13.9 Å². The molecular formula is C21H21BN4O4S. The Balaban J connectivity index is 1.86. The molecule has 0 saturated carbocycles. The molecule has 4 aromatic rings. The van der Waals surface area contributed by atoms with Crippen molar-refractivity contribution >= 4 is 40.5 Å². The lowest BCUT2D eigenvalue weighted by atomic mass is 9.96. The Morgan fingerprint density at radius 3 is 2.48 bits per heavy atom. The zero-order chi connectivity index (χ0) is 22.4. The first-order chi connectivity index (χ1) is 14.6. The molecule has 0 spiro atoms. The van der Waals surface area contributed by atoms with Crippen molar-refractivity contribution in [3.8, 4) is 11.1 Å². The minimum atomic E-state index is -3.86. The average Bonchev–Trinajstić information content (AvgIpc) is 3.32. The van der Waals surface area contributed by atoms with Gasteiger partial charge in [0.15, 0.2) is 5.65 Å².